The fourth-order valence-electron chi connectivity index (χ4n) is 1.18. The average molecular weight is 238 g/mol. The number of nitrogens with one attached hydrogen (secondary N) is 1. The summed E-state index contributed by atoms with van der Waals surface area (Å²) in [5, 5.41) is 5.02. The number of aromatic nitrogens is 1. The summed E-state index contributed by atoms with van der Waals surface area (Å²) < 4.78 is 36.0. The van der Waals surface area contributed by atoms with Gasteiger partial charge in [0.1, 0.15) is 5.01 Å². The monoisotopic (exact) mass is 238 g/mol. The highest BCUT2D eigenvalue weighted by molar-refractivity contribution is 7.09. The highest BCUT2D eigenvalue weighted by atomic mass is 32.1. The molecular weight excluding hydrogens is 225 g/mol. The van der Waals surface area contributed by atoms with Gasteiger partial charge in [-0.3, -0.25) is 5.32 Å². The van der Waals surface area contributed by atoms with Gasteiger partial charge in [-0.1, -0.05) is 6.92 Å². The molecule has 0 aliphatic carbocycles. The fraction of sp³-hybridized carbons (Fsp3) is 0.667. The van der Waals surface area contributed by atoms with Crippen LogP contribution >= 0.6 is 11.3 Å². The molecule has 0 saturated carbocycles. The third-order valence-corrected chi connectivity index (χ3v) is 2.97. The lowest BCUT2D eigenvalue weighted by atomic mass is 10.2. The second-order valence-electron chi connectivity index (χ2n) is 3.28. The Kier molecular flexibility index (Phi) is 4.10. The first-order chi connectivity index (χ1) is 6.92. The van der Waals surface area contributed by atoms with Crippen LogP contribution in [0, 0.1) is 6.92 Å². The Balaban J connectivity index is 2.57. The van der Waals surface area contributed by atoms with Gasteiger partial charge in [0, 0.05) is 11.1 Å². The Morgan fingerprint density at radius 3 is 2.60 bits per heavy atom. The van der Waals surface area contributed by atoms with Crippen LogP contribution in [0.25, 0.3) is 0 Å². The van der Waals surface area contributed by atoms with Crippen LogP contribution in [0.1, 0.15) is 30.1 Å². The summed E-state index contributed by atoms with van der Waals surface area (Å²) in [6.07, 6.45) is -3.57. The number of hydrogen-bond donors (Lipinski definition) is 1. The van der Waals surface area contributed by atoms with E-state index in [1.54, 1.807) is 0 Å². The highest BCUT2D eigenvalue weighted by Crippen LogP contribution is 2.22. The second kappa shape index (κ2) is 4.94. The molecule has 1 aromatic rings. The minimum Gasteiger partial charge on any atom is -0.300 e. The molecule has 0 spiro atoms. The Morgan fingerprint density at radius 1 is 1.53 bits per heavy atom. The first-order valence-electron chi connectivity index (χ1n) is 4.64. The van der Waals surface area contributed by atoms with Gasteiger partial charge in [0.15, 0.2) is 0 Å². The van der Waals surface area contributed by atoms with E-state index in [4.69, 9.17) is 0 Å². The molecule has 1 rings (SSSR count). The van der Waals surface area contributed by atoms with Crippen LogP contribution in [-0.2, 0) is 0 Å². The molecule has 0 fully saturated rings. The molecule has 0 radical (unpaired) electrons. The second-order valence-corrected chi connectivity index (χ2v) is 4.17. The molecular formula is C9H13F3N2S. The third-order valence-electron chi connectivity index (χ3n) is 1.89. The van der Waals surface area contributed by atoms with Crippen molar-refractivity contribution in [3.63, 3.8) is 0 Å². The number of halogens is 3. The van der Waals surface area contributed by atoms with E-state index in [0.717, 1.165) is 10.7 Å². The maximum Gasteiger partial charge on any atom is 0.401 e. The van der Waals surface area contributed by atoms with Crippen LogP contribution in [0.3, 0.4) is 0 Å². The van der Waals surface area contributed by atoms with E-state index in [1.807, 2.05) is 19.2 Å². The Hall–Kier alpha value is -0.620. The third kappa shape index (κ3) is 4.17. The predicted molar refractivity (Wildman–Crippen MR) is 53.9 cm³/mol. The normalized spacial score (nSPS) is 14.2. The molecule has 0 aliphatic heterocycles. The Morgan fingerprint density at radius 2 is 2.20 bits per heavy atom. The van der Waals surface area contributed by atoms with E-state index >= 15 is 0 Å². The van der Waals surface area contributed by atoms with Crippen molar-refractivity contribution in [2.75, 3.05) is 6.54 Å². The number of nitrogens with zero attached hydrogens (tertiary/aromatic N) is 1. The SMILES string of the molecule is CCC(NCC(F)(F)F)c1nc(C)cs1. The van der Waals surface area contributed by atoms with Gasteiger partial charge in [-0.05, 0) is 13.3 Å². The van der Waals surface area contributed by atoms with Crippen LogP contribution in [0.5, 0.6) is 0 Å². The molecule has 0 saturated heterocycles. The standard InChI is InChI=1S/C9H13F3N2S/c1-3-7(13-5-9(10,11)12)8-14-6(2)4-15-8/h4,7,13H,3,5H2,1-2H3. The van der Waals surface area contributed by atoms with E-state index in [0.29, 0.717) is 6.42 Å². The molecule has 86 valence electrons. The summed E-state index contributed by atoms with van der Waals surface area (Å²) in [7, 11) is 0. The first kappa shape index (κ1) is 12.4. The van der Waals surface area contributed by atoms with Gasteiger partial charge in [0.2, 0.25) is 0 Å². The zero-order chi connectivity index (χ0) is 11.5. The number of thiazole rings is 1. The largest absolute Gasteiger partial charge is 0.401 e. The molecule has 1 aromatic heterocycles. The quantitative estimate of drug-likeness (QED) is 0.872. The van der Waals surface area contributed by atoms with E-state index in [-0.39, 0.29) is 6.04 Å². The van der Waals surface area contributed by atoms with Gasteiger partial charge in [-0.25, -0.2) is 4.98 Å². The minimum absolute atomic E-state index is 0.301. The Bertz CT molecular complexity index is 309. The summed E-state index contributed by atoms with van der Waals surface area (Å²) in [5.74, 6) is 0. The van der Waals surface area contributed by atoms with Crippen LogP contribution in [0.4, 0.5) is 13.2 Å². The molecule has 0 amide bonds. The van der Waals surface area contributed by atoms with Gasteiger partial charge >= 0.3 is 6.18 Å². The maximum absolute atomic E-state index is 12.0. The van der Waals surface area contributed by atoms with Crippen molar-refractivity contribution in [3.05, 3.63) is 16.1 Å². The van der Waals surface area contributed by atoms with E-state index < -0.39 is 12.7 Å². The van der Waals surface area contributed by atoms with Gasteiger partial charge in [-0.15, -0.1) is 11.3 Å². The van der Waals surface area contributed by atoms with E-state index in [1.165, 1.54) is 11.3 Å². The Labute approximate surface area is 90.5 Å². The molecule has 0 aromatic carbocycles. The number of aryl methyl sites for hydroxylation is 1. The number of alkyl halides is 3. The molecule has 1 unspecified atom stereocenters. The lowest BCUT2D eigenvalue weighted by molar-refractivity contribution is -0.126. The topological polar surface area (TPSA) is 24.9 Å². The summed E-state index contributed by atoms with van der Waals surface area (Å²) in [6.45, 7) is 2.70. The highest BCUT2D eigenvalue weighted by Gasteiger charge is 2.28. The summed E-state index contributed by atoms with van der Waals surface area (Å²) in [5.41, 5.74) is 0.849. The molecule has 1 heterocycles. The van der Waals surface area contributed by atoms with Crippen LogP contribution < -0.4 is 5.32 Å². The fourth-order valence-corrected chi connectivity index (χ4v) is 2.13. The van der Waals surface area contributed by atoms with E-state index in [2.05, 4.69) is 10.3 Å². The summed E-state index contributed by atoms with van der Waals surface area (Å²) in [6, 6.07) is -0.301. The molecule has 6 heteroatoms. The van der Waals surface area contributed by atoms with Crippen molar-refractivity contribution in [1.29, 1.82) is 0 Å². The molecule has 1 N–H and O–H groups in total. The van der Waals surface area contributed by atoms with Gasteiger partial charge in [0.25, 0.3) is 0 Å². The molecule has 2 nitrogen and oxygen atoms in total. The molecule has 0 aliphatic rings. The minimum atomic E-state index is -4.17. The van der Waals surface area contributed by atoms with Crippen molar-refractivity contribution < 1.29 is 13.2 Å². The van der Waals surface area contributed by atoms with Crippen molar-refractivity contribution in [1.82, 2.24) is 10.3 Å². The smallest absolute Gasteiger partial charge is 0.300 e. The maximum atomic E-state index is 12.0. The van der Waals surface area contributed by atoms with Crippen LogP contribution in [-0.4, -0.2) is 17.7 Å². The van der Waals surface area contributed by atoms with Gasteiger partial charge < -0.3 is 0 Å². The first-order valence-corrected chi connectivity index (χ1v) is 5.52. The summed E-state index contributed by atoms with van der Waals surface area (Å²) in [4.78, 5) is 4.17. The molecule has 15 heavy (non-hydrogen) atoms. The molecule has 0 bridgehead atoms. The zero-order valence-electron chi connectivity index (χ0n) is 8.56. The lowest BCUT2D eigenvalue weighted by Crippen LogP contribution is -2.31. The summed E-state index contributed by atoms with van der Waals surface area (Å²) >= 11 is 1.39. The van der Waals surface area contributed by atoms with Crippen molar-refractivity contribution in [2.24, 2.45) is 0 Å². The lowest BCUT2D eigenvalue weighted by Gasteiger charge is -2.15. The number of rotatable bonds is 4. The van der Waals surface area contributed by atoms with Gasteiger partial charge in [0.05, 0.1) is 12.6 Å². The zero-order valence-corrected chi connectivity index (χ0v) is 9.37. The van der Waals surface area contributed by atoms with Crippen LogP contribution in [0.2, 0.25) is 0 Å². The average Bonchev–Trinajstić information content (AvgIpc) is 2.51. The van der Waals surface area contributed by atoms with E-state index in [9.17, 15) is 13.2 Å². The van der Waals surface area contributed by atoms with Crippen molar-refractivity contribution in [2.45, 2.75) is 32.5 Å². The van der Waals surface area contributed by atoms with Crippen LogP contribution in [0.15, 0.2) is 5.38 Å². The van der Waals surface area contributed by atoms with Crippen molar-refractivity contribution in [3.8, 4) is 0 Å². The molecule has 1 atom stereocenters. The van der Waals surface area contributed by atoms with Crippen molar-refractivity contribution >= 4 is 11.3 Å². The predicted octanol–water partition coefficient (Wildman–Crippen LogP) is 3.05. The van der Waals surface area contributed by atoms with Gasteiger partial charge in [-0.2, -0.15) is 13.2 Å². The number of hydrogen-bond acceptors (Lipinski definition) is 3.